The average molecular weight is 722 g/mol. The highest BCUT2D eigenvalue weighted by Gasteiger charge is 2.56. The van der Waals surface area contributed by atoms with E-state index in [4.69, 9.17) is 31.4 Å². The lowest BCUT2D eigenvalue weighted by Crippen LogP contribution is -2.50. The molecule has 0 spiro atoms. The van der Waals surface area contributed by atoms with Gasteiger partial charge >= 0.3 is 0 Å². The molecule has 0 atom stereocenters. The normalized spacial score (nSPS) is 31.9. The molecule has 53 heavy (non-hydrogen) atoms. The fourth-order valence-electron chi connectivity index (χ4n) is 12.8. The Morgan fingerprint density at radius 1 is 0.415 bits per heavy atom. The summed E-state index contributed by atoms with van der Waals surface area (Å²) in [5, 5.41) is 0. The van der Waals surface area contributed by atoms with Gasteiger partial charge in [0.05, 0.1) is 17.1 Å². The number of ether oxygens (including phenoxy) is 3. The standard InChI is InChI=1S/C44H46F3N3O3/c45-29-1-4-37(34(48)13-29)51-40-32(43-17-23-7-24(18-43)9-25(8-23)19-43)16-33(44-20-26-10-27(21-44)12-28(11-26)22-44)41(52-38-5-2-30(46)14-35(38)49)42(40)53-39-6-3-31(47)15-36(39)50/h1-6,13-16,23-28H,7-12,17-22,48-50H2. The Morgan fingerprint density at radius 3 is 0.981 bits per heavy atom. The maximum absolute atomic E-state index is 14.5. The fourth-order valence-corrected chi connectivity index (χ4v) is 12.8. The van der Waals surface area contributed by atoms with Gasteiger partial charge in [0.15, 0.2) is 28.7 Å². The van der Waals surface area contributed by atoms with Gasteiger partial charge in [-0.2, -0.15) is 0 Å². The van der Waals surface area contributed by atoms with E-state index in [2.05, 4.69) is 6.07 Å². The molecule has 4 aromatic carbocycles. The van der Waals surface area contributed by atoms with Gasteiger partial charge in [-0.1, -0.05) is 0 Å². The Labute approximate surface area is 308 Å². The summed E-state index contributed by atoms with van der Waals surface area (Å²) < 4.78 is 64.2. The third-order valence-electron chi connectivity index (χ3n) is 14.0. The summed E-state index contributed by atoms with van der Waals surface area (Å²) in [6, 6.07) is 14.7. The van der Waals surface area contributed by atoms with Crippen molar-refractivity contribution in [2.24, 2.45) is 35.5 Å². The van der Waals surface area contributed by atoms with Crippen molar-refractivity contribution >= 4 is 17.1 Å². The topological polar surface area (TPSA) is 106 Å². The first-order valence-electron chi connectivity index (χ1n) is 19.4. The van der Waals surface area contributed by atoms with Crippen LogP contribution in [0.5, 0.6) is 34.5 Å². The highest BCUT2D eigenvalue weighted by Crippen LogP contribution is 2.68. The van der Waals surface area contributed by atoms with Crippen LogP contribution in [0.4, 0.5) is 30.2 Å². The number of anilines is 3. The average Bonchev–Trinajstić information content (AvgIpc) is 3.08. The van der Waals surface area contributed by atoms with E-state index in [9.17, 15) is 13.2 Å². The largest absolute Gasteiger partial charge is 0.451 e. The van der Waals surface area contributed by atoms with Crippen molar-refractivity contribution in [3.8, 4) is 34.5 Å². The van der Waals surface area contributed by atoms with Crippen molar-refractivity contribution in [1.29, 1.82) is 0 Å². The lowest BCUT2D eigenvalue weighted by atomic mass is 9.46. The molecule has 4 aromatic rings. The Bertz CT molecular complexity index is 1940. The molecule has 6 N–H and O–H groups in total. The van der Waals surface area contributed by atoms with Crippen LogP contribution in [-0.4, -0.2) is 0 Å². The number of hydrogen-bond acceptors (Lipinski definition) is 6. The summed E-state index contributed by atoms with van der Waals surface area (Å²) in [5.41, 5.74) is 21.5. The Hall–Kier alpha value is -4.53. The molecule has 8 aliphatic rings. The van der Waals surface area contributed by atoms with E-state index < -0.39 is 17.5 Å². The first kappa shape index (κ1) is 33.1. The molecule has 0 saturated heterocycles. The van der Waals surface area contributed by atoms with Crippen molar-refractivity contribution in [3.63, 3.8) is 0 Å². The third-order valence-corrected chi connectivity index (χ3v) is 14.0. The first-order valence-corrected chi connectivity index (χ1v) is 19.4. The SMILES string of the molecule is Nc1cc(F)ccc1Oc1c(C23CC4CC(CC(C4)C2)C3)cc(C23CC4CC(CC(C4)C2)C3)c(Oc2ccc(F)cc2N)c1Oc1ccc(F)cc1N. The summed E-state index contributed by atoms with van der Waals surface area (Å²) >= 11 is 0. The van der Waals surface area contributed by atoms with Crippen LogP contribution in [0.3, 0.4) is 0 Å². The van der Waals surface area contributed by atoms with Gasteiger partial charge in [-0.15, -0.1) is 0 Å². The second-order valence-corrected chi connectivity index (χ2v) is 17.7. The van der Waals surface area contributed by atoms with Gasteiger partial charge in [-0.05, 0) is 166 Å². The van der Waals surface area contributed by atoms with Crippen LogP contribution in [0, 0.1) is 53.0 Å². The van der Waals surface area contributed by atoms with Crippen LogP contribution in [0.15, 0.2) is 60.7 Å². The van der Waals surface area contributed by atoms with Gasteiger partial charge in [0.1, 0.15) is 17.5 Å². The molecule has 8 aliphatic carbocycles. The minimum atomic E-state index is -0.488. The lowest BCUT2D eigenvalue weighted by molar-refractivity contribution is -0.00959. The molecule has 0 radical (unpaired) electrons. The molecule has 12 rings (SSSR count). The van der Waals surface area contributed by atoms with Gasteiger partial charge in [-0.25, -0.2) is 13.2 Å². The van der Waals surface area contributed by atoms with E-state index in [-0.39, 0.29) is 50.9 Å². The number of hydrogen-bond donors (Lipinski definition) is 3. The van der Waals surface area contributed by atoms with Crippen molar-refractivity contribution in [2.75, 3.05) is 17.2 Å². The smallest absolute Gasteiger partial charge is 0.213 e. The van der Waals surface area contributed by atoms with Crippen LogP contribution in [-0.2, 0) is 10.8 Å². The molecule has 276 valence electrons. The number of rotatable bonds is 8. The fraction of sp³-hybridized carbons (Fsp3) is 0.455. The van der Waals surface area contributed by atoms with Crippen LogP contribution in [0.25, 0.3) is 0 Å². The zero-order valence-electron chi connectivity index (χ0n) is 29.8. The van der Waals surface area contributed by atoms with E-state index in [1.54, 1.807) is 0 Å². The molecule has 8 fully saturated rings. The van der Waals surface area contributed by atoms with E-state index in [1.165, 1.54) is 93.1 Å². The molecule has 0 aliphatic heterocycles. The zero-order chi connectivity index (χ0) is 36.2. The van der Waals surface area contributed by atoms with Crippen LogP contribution in [0.2, 0.25) is 0 Å². The molecule has 8 bridgehead atoms. The third kappa shape index (κ3) is 5.59. The second kappa shape index (κ2) is 12.0. The predicted octanol–water partition coefficient (Wildman–Crippen LogP) is 11.2. The van der Waals surface area contributed by atoms with E-state index in [1.807, 2.05) is 0 Å². The minimum Gasteiger partial charge on any atom is -0.451 e. The summed E-state index contributed by atoms with van der Waals surface area (Å²) in [6.07, 6.45) is 13.8. The van der Waals surface area contributed by atoms with Gasteiger partial charge in [0, 0.05) is 29.3 Å². The predicted molar refractivity (Wildman–Crippen MR) is 199 cm³/mol. The van der Waals surface area contributed by atoms with Crippen LogP contribution in [0.1, 0.15) is 88.2 Å². The monoisotopic (exact) mass is 721 g/mol. The minimum absolute atomic E-state index is 0.112. The quantitative estimate of drug-likeness (QED) is 0.156. The van der Waals surface area contributed by atoms with Gasteiger partial charge in [-0.3, -0.25) is 0 Å². The highest BCUT2D eigenvalue weighted by molar-refractivity contribution is 5.70. The summed E-state index contributed by atoms with van der Waals surface area (Å²) in [4.78, 5) is 0. The first-order chi connectivity index (χ1) is 25.5. The summed E-state index contributed by atoms with van der Waals surface area (Å²) in [5.74, 6) is 4.26. The molecule has 9 heteroatoms. The highest BCUT2D eigenvalue weighted by atomic mass is 19.1. The number of nitrogens with two attached hydrogens (primary N) is 3. The number of halogens is 3. The van der Waals surface area contributed by atoms with E-state index in [0.717, 1.165) is 49.7 Å². The molecule has 8 saturated carbocycles. The summed E-state index contributed by atoms with van der Waals surface area (Å²) in [7, 11) is 0. The maximum Gasteiger partial charge on any atom is 0.213 e. The Kier molecular flexibility index (Phi) is 7.48. The lowest BCUT2D eigenvalue weighted by Gasteiger charge is -2.59. The van der Waals surface area contributed by atoms with Crippen molar-refractivity contribution < 1.29 is 27.4 Å². The zero-order valence-corrected chi connectivity index (χ0v) is 29.8. The van der Waals surface area contributed by atoms with Gasteiger partial charge < -0.3 is 31.4 Å². The van der Waals surface area contributed by atoms with Crippen LogP contribution >= 0.6 is 0 Å². The van der Waals surface area contributed by atoms with Crippen molar-refractivity contribution in [2.45, 2.75) is 87.9 Å². The number of benzene rings is 4. The molecule has 0 aromatic heterocycles. The van der Waals surface area contributed by atoms with E-state index in [0.29, 0.717) is 47.0 Å². The van der Waals surface area contributed by atoms with Crippen LogP contribution < -0.4 is 31.4 Å². The second-order valence-electron chi connectivity index (χ2n) is 17.7. The molecule has 6 nitrogen and oxygen atoms in total. The molecular formula is C44H46F3N3O3. The molecule has 0 amide bonds. The van der Waals surface area contributed by atoms with E-state index >= 15 is 0 Å². The Balaban J connectivity index is 1.27. The molecular weight excluding hydrogens is 675 g/mol. The van der Waals surface area contributed by atoms with Crippen molar-refractivity contribution in [1.82, 2.24) is 0 Å². The molecule has 0 heterocycles. The molecule has 0 unspecified atom stereocenters. The van der Waals surface area contributed by atoms with Gasteiger partial charge in [0.2, 0.25) is 5.75 Å². The maximum atomic E-state index is 14.5. The number of nitrogen functional groups attached to an aromatic ring is 3. The van der Waals surface area contributed by atoms with Crippen molar-refractivity contribution in [3.05, 3.63) is 89.2 Å². The summed E-state index contributed by atoms with van der Waals surface area (Å²) in [6.45, 7) is 0. The Morgan fingerprint density at radius 2 is 0.698 bits per heavy atom. The van der Waals surface area contributed by atoms with Gasteiger partial charge in [0.25, 0.3) is 0 Å².